The summed E-state index contributed by atoms with van der Waals surface area (Å²) >= 11 is 1.86. The van der Waals surface area contributed by atoms with Crippen LogP contribution in [0.1, 0.15) is 36.9 Å². The van der Waals surface area contributed by atoms with E-state index in [1.807, 2.05) is 18.7 Å². The van der Waals surface area contributed by atoms with Crippen molar-refractivity contribution in [2.24, 2.45) is 5.92 Å². The van der Waals surface area contributed by atoms with E-state index in [1.54, 1.807) is 6.33 Å². The Morgan fingerprint density at radius 3 is 2.92 bits per heavy atom. The molecule has 2 unspecified atom stereocenters. The molecule has 6 heteroatoms. The molecule has 3 rings (SSSR count). The first-order valence-corrected chi connectivity index (χ1v) is 10.3. The van der Waals surface area contributed by atoms with Gasteiger partial charge in [-0.3, -0.25) is 4.79 Å². The monoisotopic (exact) mass is 348 g/mol. The number of carbonyl (C=O) groups is 1. The number of hydrogen-bond donors (Lipinski definition) is 0. The normalized spacial score (nSPS) is 24.2. The van der Waals surface area contributed by atoms with E-state index in [0.717, 1.165) is 56.2 Å². The lowest BCUT2D eigenvalue weighted by molar-refractivity contribution is -0.139. The zero-order chi connectivity index (χ0) is 17.1. The van der Waals surface area contributed by atoms with Crippen LogP contribution in [-0.4, -0.2) is 58.5 Å². The summed E-state index contributed by atoms with van der Waals surface area (Å²) in [5, 5.41) is 0. The van der Waals surface area contributed by atoms with E-state index in [2.05, 4.69) is 32.9 Å². The second-order valence-electron chi connectivity index (χ2n) is 6.94. The second-order valence-corrected chi connectivity index (χ2v) is 7.93. The Hall–Kier alpha value is -1.30. The van der Waals surface area contributed by atoms with Crippen molar-refractivity contribution in [3.8, 4) is 0 Å². The zero-order valence-electron chi connectivity index (χ0n) is 15.0. The van der Waals surface area contributed by atoms with Crippen molar-refractivity contribution >= 4 is 23.5 Å². The molecule has 0 N–H and O–H groups in total. The van der Waals surface area contributed by atoms with Crippen LogP contribution in [0.3, 0.4) is 0 Å². The van der Waals surface area contributed by atoms with E-state index in [9.17, 15) is 4.79 Å². The summed E-state index contributed by atoms with van der Waals surface area (Å²) in [5.74, 6) is 3.14. The van der Waals surface area contributed by atoms with Gasteiger partial charge in [0.25, 0.3) is 0 Å². The van der Waals surface area contributed by atoms with Crippen LogP contribution in [0.5, 0.6) is 0 Å². The first-order chi connectivity index (χ1) is 11.6. The molecule has 1 amide bonds. The number of carbonyl (C=O) groups excluding carboxylic acids is 1. The van der Waals surface area contributed by atoms with Crippen LogP contribution in [0, 0.1) is 19.8 Å². The molecule has 0 bridgehead atoms. The van der Waals surface area contributed by atoms with Crippen molar-refractivity contribution in [1.82, 2.24) is 14.9 Å². The van der Waals surface area contributed by atoms with E-state index in [0.29, 0.717) is 24.3 Å². The van der Waals surface area contributed by atoms with Crippen molar-refractivity contribution in [3.05, 3.63) is 17.6 Å². The number of likely N-dealkylation sites (tertiary alicyclic amines) is 1. The standard InChI is InChI=1S/C18H28N4OS/c1-13-14(2)19-12-20-18(13)21-9-7-16-15(11-21)5-6-17(23)22(16)8-4-10-24-3/h12,15-16H,4-11H2,1-3H3. The minimum absolute atomic E-state index is 0.361. The SMILES string of the molecule is CSCCCN1C(=O)CCC2CN(c3ncnc(C)c3C)CCC21. The Morgan fingerprint density at radius 2 is 2.12 bits per heavy atom. The molecule has 1 aromatic heterocycles. The van der Waals surface area contributed by atoms with Crippen molar-refractivity contribution < 1.29 is 4.79 Å². The second kappa shape index (κ2) is 7.72. The molecule has 2 atom stereocenters. The van der Waals surface area contributed by atoms with Gasteiger partial charge in [0.1, 0.15) is 12.1 Å². The van der Waals surface area contributed by atoms with Gasteiger partial charge in [-0.2, -0.15) is 11.8 Å². The summed E-state index contributed by atoms with van der Waals surface area (Å²) in [5.41, 5.74) is 2.24. The zero-order valence-corrected chi connectivity index (χ0v) is 15.8. The molecule has 5 nitrogen and oxygen atoms in total. The number of aromatic nitrogens is 2. The molecule has 0 radical (unpaired) electrons. The summed E-state index contributed by atoms with van der Waals surface area (Å²) in [6.07, 6.45) is 7.68. The first-order valence-electron chi connectivity index (χ1n) is 8.93. The van der Waals surface area contributed by atoms with Gasteiger partial charge in [-0.25, -0.2) is 9.97 Å². The molecular weight excluding hydrogens is 320 g/mol. The van der Waals surface area contributed by atoms with Gasteiger partial charge < -0.3 is 9.80 Å². The molecule has 2 aliphatic rings. The number of thioether (sulfide) groups is 1. The maximum Gasteiger partial charge on any atom is 0.222 e. The minimum Gasteiger partial charge on any atom is -0.356 e. The van der Waals surface area contributed by atoms with E-state index in [-0.39, 0.29) is 0 Å². The van der Waals surface area contributed by atoms with Gasteiger partial charge in [0.15, 0.2) is 0 Å². The molecule has 0 spiro atoms. The highest BCUT2D eigenvalue weighted by molar-refractivity contribution is 7.98. The third-order valence-corrected chi connectivity index (χ3v) is 6.20. The van der Waals surface area contributed by atoms with Crippen molar-refractivity contribution in [2.75, 3.05) is 36.5 Å². The van der Waals surface area contributed by atoms with E-state index in [4.69, 9.17) is 0 Å². The fourth-order valence-corrected chi connectivity index (χ4v) is 4.48. The number of piperidine rings is 2. The summed E-state index contributed by atoms with van der Waals surface area (Å²) < 4.78 is 0. The smallest absolute Gasteiger partial charge is 0.222 e. The van der Waals surface area contributed by atoms with Crippen LogP contribution in [-0.2, 0) is 4.79 Å². The maximum atomic E-state index is 12.4. The van der Waals surface area contributed by atoms with Crippen LogP contribution in [0.25, 0.3) is 0 Å². The Labute approximate surface area is 149 Å². The molecule has 2 fully saturated rings. The number of rotatable bonds is 5. The van der Waals surface area contributed by atoms with Crippen LogP contribution in [0.2, 0.25) is 0 Å². The predicted molar refractivity (Wildman–Crippen MR) is 99.6 cm³/mol. The van der Waals surface area contributed by atoms with E-state index in [1.165, 1.54) is 5.56 Å². The number of aryl methyl sites for hydroxylation is 1. The Morgan fingerprint density at radius 1 is 1.29 bits per heavy atom. The van der Waals surface area contributed by atoms with E-state index >= 15 is 0 Å². The molecule has 2 saturated heterocycles. The highest BCUT2D eigenvalue weighted by Crippen LogP contribution is 2.33. The van der Waals surface area contributed by atoms with Crippen LogP contribution < -0.4 is 4.90 Å². The van der Waals surface area contributed by atoms with Gasteiger partial charge in [0, 0.05) is 43.4 Å². The van der Waals surface area contributed by atoms with Crippen LogP contribution >= 0.6 is 11.8 Å². The third-order valence-electron chi connectivity index (χ3n) is 5.50. The van der Waals surface area contributed by atoms with E-state index < -0.39 is 0 Å². The van der Waals surface area contributed by atoms with Gasteiger partial charge in [0.2, 0.25) is 5.91 Å². The molecule has 0 aliphatic carbocycles. The number of anilines is 1. The Balaban J connectivity index is 1.70. The average molecular weight is 349 g/mol. The van der Waals surface area contributed by atoms with Crippen molar-refractivity contribution in [2.45, 2.75) is 45.6 Å². The van der Waals surface area contributed by atoms with Gasteiger partial charge in [-0.05, 0) is 51.0 Å². The molecule has 0 aromatic carbocycles. The topological polar surface area (TPSA) is 49.3 Å². The maximum absolute atomic E-state index is 12.4. The lowest BCUT2D eigenvalue weighted by Crippen LogP contribution is -2.56. The van der Waals surface area contributed by atoms with Crippen LogP contribution in [0.15, 0.2) is 6.33 Å². The van der Waals surface area contributed by atoms with Gasteiger partial charge in [-0.15, -0.1) is 0 Å². The third kappa shape index (κ3) is 3.53. The molecule has 132 valence electrons. The number of hydrogen-bond acceptors (Lipinski definition) is 5. The summed E-state index contributed by atoms with van der Waals surface area (Å²) in [4.78, 5) is 25.8. The fourth-order valence-electron chi connectivity index (χ4n) is 4.06. The quantitative estimate of drug-likeness (QED) is 0.766. The van der Waals surface area contributed by atoms with Gasteiger partial charge in [-0.1, -0.05) is 0 Å². The highest BCUT2D eigenvalue weighted by atomic mass is 32.2. The molecule has 3 heterocycles. The summed E-state index contributed by atoms with van der Waals surface area (Å²) in [6, 6.07) is 0.424. The molecule has 24 heavy (non-hydrogen) atoms. The van der Waals surface area contributed by atoms with Crippen LogP contribution in [0.4, 0.5) is 5.82 Å². The first kappa shape index (κ1) is 17.5. The fraction of sp³-hybridized carbons (Fsp3) is 0.722. The molecule has 0 saturated carbocycles. The molecular formula is C18H28N4OS. The molecule has 2 aliphatic heterocycles. The van der Waals surface area contributed by atoms with Crippen molar-refractivity contribution in [3.63, 3.8) is 0 Å². The Bertz CT molecular complexity index is 594. The largest absolute Gasteiger partial charge is 0.356 e. The number of amides is 1. The minimum atomic E-state index is 0.361. The Kier molecular flexibility index (Phi) is 5.64. The average Bonchev–Trinajstić information content (AvgIpc) is 2.59. The number of fused-ring (bicyclic) bond motifs is 1. The predicted octanol–water partition coefficient (Wildman–Crippen LogP) is 2.66. The van der Waals surface area contributed by atoms with Gasteiger partial charge >= 0.3 is 0 Å². The van der Waals surface area contributed by atoms with Gasteiger partial charge in [0.05, 0.1) is 0 Å². The lowest BCUT2D eigenvalue weighted by Gasteiger charge is -2.47. The summed E-state index contributed by atoms with van der Waals surface area (Å²) in [6.45, 7) is 7.06. The highest BCUT2D eigenvalue weighted by Gasteiger charge is 2.39. The number of nitrogens with zero attached hydrogens (tertiary/aromatic N) is 4. The lowest BCUT2D eigenvalue weighted by atomic mass is 9.83. The molecule has 1 aromatic rings. The summed E-state index contributed by atoms with van der Waals surface area (Å²) in [7, 11) is 0. The van der Waals surface area contributed by atoms with Crippen molar-refractivity contribution in [1.29, 1.82) is 0 Å².